The molecular formula is C29H39Cl2N3O4S. The number of nitrogens with one attached hydrogen (secondary N) is 1. The number of aryl methyl sites for hydroxylation is 1. The van der Waals surface area contributed by atoms with Crippen molar-refractivity contribution in [2.45, 2.75) is 83.8 Å². The van der Waals surface area contributed by atoms with Crippen LogP contribution < -0.4 is 9.62 Å². The van der Waals surface area contributed by atoms with E-state index in [1.54, 1.807) is 35.2 Å². The highest BCUT2D eigenvalue weighted by atomic mass is 35.5. The Balaban J connectivity index is 1.78. The molecule has 0 heterocycles. The van der Waals surface area contributed by atoms with E-state index in [1.165, 1.54) is 10.7 Å². The van der Waals surface area contributed by atoms with Gasteiger partial charge in [-0.25, -0.2) is 8.42 Å². The molecule has 2 amide bonds. The Morgan fingerprint density at radius 1 is 1.05 bits per heavy atom. The first kappa shape index (κ1) is 31.2. The number of nitrogens with zero attached hydrogens (tertiary/aromatic N) is 2. The van der Waals surface area contributed by atoms with E-state index >= 15 is 0 Å². The van der Waals surface area contributed by atoms with Crippen molar-refractivity contribution in [3.05, 3.63) is 63.6 Å². The summed E-state index contributed by atoms with van der Waals surface area (Å²) < 4.78 is 26.3. The fourth-order valence-electron chi connectivity index (χ4n) is 5.01. The molecule has 1 N–H and O–H groups in total. The van der Waals surface area contributed by atoms with Gasteiger partial charge in [0.2, 0.25) is 21.8 Å². The van der Waals surface area contributed by atoms with Gasteiger partial charge in [0.25, 0.3) is 0 Å². The van der Waals surface area contributed by atoms with Crippen LogP contribution in [-0.4, -0.2) is 50.0 Å². The molecule has 0 bridgehead atoms. The lowest BCUT2D eigenvalue weighted by Crippen LogP contribution is -2.51. The van der Waals surface area contributed by atoms with Crippen molar-refractivity contribution in [2.24, 2.45) is 0 Å². The van der Waals surface area contributed by atoms with Gasteiger partial charge in [-0.05, 0) is 62.4 Å². The quantitative estimate of drug-likeness (QED) is 0.321. The summed E-state index contributed by atoms with van der Waals surface area (Å²) >= 11 is 12.5. The second-order valence-electron chi connectivity index (χ2n) is 10.3. The Morgan fingerprint density at radius 3 is 2.31 bits per heavy atom. The summed E-state index contributed by atoms with van der Waals surface area (Å²) in [6.07, 6.45) is 7.21. The molecule has 2 aromatic carbocycles. The maximum absolute atomic E-state index is 13.6. The summed E-state index contributed by atoms with van der Waals surface area (Å²) in [5, 5.41) is 4.07. The van der Waals surface area contributed by atoms with Crippen LogP contribution >= 0.6 is 23.2 Å². The van der Waals surface area contributed by atoms with E-state index in [0.29, 0.717) is 34.1 Å². The third-order valence-corrected chi connectivity index (χ3v) is 8.95. The van der Waals surface area contributed by atoms with Crippen LogP contribution in [0.5, 0.6) is 0 Å². The first-order valence-electron chi connectivity index (χ1n) is 13.6. The highest BCUT2D eigenvalue weighted by Crippen LogP contribution is 2.25. The molecular weight excluding hydrogens is 557 g/mol. The lowest BCUT2D eigenvalue weighted by Gasteiger charge is -2.33. The molecule has 0 spiro atoms. The standard InChI is InChI=1S/C29H39Cl2N3O4S/c1-4-27(29(36)32-24-9-6-5-7-10-24)33(20-22-14-15-23(30)19-26(22)31)28(35)11-8-18-34(39(3,37)38)25-16-12-21(2)13-17-25/h12-17,19,24,27H,4-11,18,20H2,1-3H3,(H,32,36). The van der Waals surface area contributed by atoms with E-state index in [1.807, 2.05) is 26.0 Å². The molecule has 1 fully saturated rings. The average molecular weight is 597 g/mol. The number of amides is 2. The zero-order valence-electron chi connectivity index (χ0n) is 23.0. The molecule has 0 aliphatic heterocycles. The van der Waals surface area contributed by atoms with Gasteiger partial charge in [-0.2, -0.15) is 0 Å². The normalized spacial score (nSPS) is 15.0. The Bertz CT molecular complexity index is 1230. The van der Waals surface area contributed by atoms with Gasteiger partial charge >= 0.3 is 0 Å². The lowest BCUT2D eigenvalue weighted by atomic mass is 9.95. The van der Waals surface area contributed by atoms with Crippen molar-refractivity contribution in [2.75, 3.05) is 17.1 Å². The first-order valence-corrected chi connectivity index (χ1v) is 16.2. The molecule has 2 aromatic rings. The summed E-state index contributed by atoms with van der Waals surface area (Å²) in [6, 6.07) is 11.8. The van der Waals surface area contributed by atoms with Gasteiger partial charge < -0.3 is 10.2 Å². The second-order valence-corrected chi connectivity index (χ2v) is 13.0. The third kappa shape index (κ3) is 9.12. The molecule has 0 saturated heterocycles. The van der Waals surface area contributed by atoms with Gasteiger partial charge in [0.05, 0.1) is 11.9 Å². The van der Waals surface area contributed by atoms with Crippen LogP contribution in [0.4, 0.5) is 5.69 Å². The molecule has 10 heteroatoms. The van der Waals surface area contributed by atoms with Crippen molar-refractivity contribution < 1.29 is 18.0 Å². The lowest BCUT2D eigenvalue weighted by molar-refractivity contribution is -0.141. The topological polar surface area (TPSA) is 86.8 Å². The van der Waals surface area contributed by atoms with Crippen molar-refractivity contribution in [3.8, 4) is 0 Å². The van der Waals surface area contributed by atoms with E-state index in [0.717, 1.165) is 37.5 Å². The third-order valence-electron chi connectivity index (χ3n) is 7.17. The van der Waals surface area contributed by atoms with Crippen molar-refractivity contribution in [1.29, 1.82) is 0 Å². The number of benzene rings is 2. The van der Waals surface area contributed by atoms with E-state index in [2.05, 4.69) is 5.32 Å². The smallest absolute Gasteiger partial charge is 0.243 e. The van der Waals surface area contributed by atoms with Crippen molar-refractivity contribution >= 4 is 50.7 Å². The average Bonchev–Trinajstić information content (AvgIpc) is 2.88. The number of anilines is 1. The Kier molecular flexibility index (Phi) is 11.5. The van der Waals surface area contributed by atoms with Gasteiger partial charge in [-0.1, -0.05) is 73.2 Å². The molecule has 1 atom stereocenters. The SMILES string of the molecule is CCC(C(=O)NC1CCCCC1)N(Cc1ccc(Cl)cc1Cl)C(=O)CCCN(c1ccc(C)cc1)S(C)(=O)=O. The fourth-order valence-corrected chi connectivity index (χ4v) is 6.45. The van der Waals surface area contributed by atoms with E-state index in [9.17, 15) is 18.0 Å². The van der Waals surface area contributed by atoms with Crippen LogP contribution in [0.15, 0.2) is 42.5 Å². The van der Waals surface area contributed by atoms with Gasteiger partial charge in [-0.3, -0.25) is 13.9 Å². The number of sulfonamides is 1. The summed E-state index contributed by atoms with van der Waals surface area (Å²) in [5.74, 6) is -0.399. The van der Waals surface area contributed by atoms with Gasteiger partial charge in [-0.15, -0.1) is 0 Å². The van der Waals surface area contributed by atoms with Crippen LogP contribution in [0.3, 0.4) is 0 Å². The summed E-state index contributed by atoms with van der Waals surface area (Å²) in [4.78, 5) is 28.6. The maximum atomic E-state index is 13.6. The molecule has 7 nitrogen and oxygen atoms in total. The largest absolute Gasteiger partial charge is 0.352 e. The molecule has 1 saturated carbocycles. The number of halogens is 2. The molecule has 39 heavy (non-hydrogen) atoms. The van der Waals surface area contributed by atoms with Gasteiger partial charge in [0.1, 0.15) is 6.04 Å². The monoisotopic (exact) mass is 595 g/mol. The zero-order valence-corrected chi connectivity index (χ0v) is 25.3. The van der Waals surface area contributed by atoms with E-state index in [-0.39, 0.29) is 37.4 Å². The van der Waals surface area contributed by atoms with Crippen LogP contribution in [-0.2, 0) is 26.2 Å². The van der Waals surface area contributed by atoms with Crippen LogP contribution in [0.1, 0.15) is 69.4 Å². The Labute approximate surface area is 242 Å². The number of hydrogen-bond acceptors (Lipinski definition) is 4. The number of rotatable bonds is 12. The number of carbonyl (C=O) groups excluding carboxylic acids is 2. The minimum absolute atomic E-state index is 0.0797. The molecule has 1 unspecified atom stereocenters. The zero-order chi connectivity index (χ0) is 28.6. The van der Waals surface area contributed by atoms with Crippen molar-refractivity contribution in [3.63, 3.8) is 0 Å². The van der Waals surface area contributed by atoms with Gasteiger partial charge in [0, 0.05) is 35.6 Å². The summed E-state index contributed by atoms with van der Waals surface area (Å²) in [6.45, 7) is 4.12. The van der Waals surface area contributed by atoms with Gasteiger partial charge in [0.15, 0.2) is 0 Å². The molecule has 214 valence electrons. The van der Waals surface area contributed by atoms with Crippen LogP contribution in [0.2, 0.25) is 10.0 Å². The van der Waals surface area contributed by atoms with E-state index < -0.39 is 16.1 Å². The summed E-state index contributed by atoms with van der Waals surface area (Å²) in [7, 11) is -3.54. The Hall–Kier alpha value is -2.29. The summed E-state index contributed by atoms with van der Waals surface area (Å²) in [5.41, 5.74) is 2.27. The Morgan fingerprint density at radius 2 is 1.72 bits per heavy atom. The predicted molar refractivity (Wildman–Crippen MR) is 159 cm³/mol. The molecule has 3 rings (SSSR count). The highest BCUT2D eigenvalue weighted by Gasteiger charge is 2.31. The highest BCUT2D eigenvalue weighted by molar-refractivity contribution is 7.92. The van der Waals surface area contributed by atoms with Crippen molar-refractivity contribution in [1.82, 2.24) is 10.2 Å². The minimum Gasteiger partial charge on any atom is -0.352 e. The predicted octanol–water partition coefficient (Wildman–Crippen LogP) is 6.10. The number of hydrogen-bond donors (Lipinski definition) is 1. The second kappa shape index (κ2) is 14.4. The molecule has 0 aromatic heterocycles. The molecule has 1 aliphatic rings. The maximum Gasteiger partial charge on any atom is 0.243 e. The number of carbonyl (C=O) groups is 2. The van der Waals surface area contributed by atoms with E-state index in [4.69, 9.17) is 23.2 Å². The first-order chi connectivity index (χ1) is 18.5. The van der Waals surface area contributed by atoms with Crippen LogP contribution in [0.25, 0.3) is 0 Å². The molecule has 1 aliphatic carbocycles. The minimum atomic E-state index is -3.54. The fraction of sp³-hybridized carbons (Fsp3) is 0.517. The van der Waals surface area contributed by atoms with Crippen LogP contribution in [0, 0.1) is 6.92 Å². The molecule has 0 radical (unpaired) electrons.